The van der Waals surface area contributed by atoms with Crippen LogP contribution in [0, 0.1) is 11.8 Å². The molecule has 158 valence electrons. The van der Waals surface area contributed by atoms with Gasteiger partial charge in [-0.25, -0.2) is 4.98 Å². The number of piperidine rings is 1. The van der Waals surface area contributed by atoms with E-state index in [2.05, 4.69) is 31.7 Å². The Balaban J connectivity index is 1.38. The molecule has 7 heteroatoms. The molecular formula is C23H28N4O2S. The van der Waals surface area contributed by atoms with Crippen molar-refractivity contribution in [3.8, 4) is 0 Å². The number of rotatable bonds is 3. The lowest BCUT2D eigenvalue weighted by atomic mass is 9.82. The fourth-order valence-electron chi connectivity index (χ4n) is 5.67. The van der Waals surface area contributed by atoms with Gasteiger partial charge in [0.1, 0.15) is 5.69 Å². The summed E-state index contributed by atoms with van der Waals surface area (Å²) in [6, 6.07) is 2.42. The molecule has 1 aliphatic carbocycles. The molecule has 0 N–H and O–H groups in total. The van der Waals surface area contributed by atoms with Gasteiger partial charge < -0.3 is 9.80 Å². The maximum absolute atomic E-state index is 13.4. The van der Waals surface area contributed by atoms with E-state index in [-0.39, 0.29) is 23.8 Å². The monoisotopic (exact) mass is 424 g/mol. The second-order valence-electron chi connectivity index (χ2n) is 8.85. The topological polar surface area (TPSA) is 66.4 Å². The van der Waals surface area contributed by atoms with Crippen molar-refractivity contribution in [2.75, 3.05) is 19.6 Å². The van der Waals surface area contributed by atoms with Gasteiger partial charge in [0.15, 0.2) is 0 Å². The van der Waals surface area contributed by atoms with E-state index in [0.29, 0.717) is 30.6 Å². The number of carbonyl (C=O) groups is 2. The van der Waals surface area contributed by atoms with E-state index in [1.54, 1.807) is 29.9 Å². The van der Waals surface area contributed by atoms with Crippen molar-refractivity contribution in [1.29, 1.82) is 0 Å². The van der Waals surface area contributed by atoms with E-state index < -0.39 is 0 Å². The van der Waals surface area contributed by atoms with Crippen molar-refractivity contribution in [2.24, 2.45) is 11.8 Å². The molecule has 0 unspecified atom stereocenters. The summed E-state index contributed by atoms with van der Waals surface area (Å²) in [6.45, 7) is 2.13. The van der Waals surface area contributed by atoms with E-state index in [1.165, 1.54) is 24.8 Å². The summed E-state index contributed by atoms with van der Waals surface area (Å²) in [5.41, 5.74) is 1.71. The summed E-state index contributed by atoms with van der Waals surface area (Å²) in [6.07, 6.45) is 11.2. The van der Waals surface area contributed by atoms with Crippen LogP contribution >= 0.6 is 11.3 Å². The Bertz CT molecular complexity index is 882. The minimum atomic E-state index is -0.0531. The van der Waals surface area contributed by atoms with Crippen LogP contribution in [0.15, 0.2) is 35.4 Å². The van der Waals surface area contributed by atoms with Crippen molar-refractivity contribution in [3.05, 3.63) is 46.7 Å². The minimum absolute atomic E-state index is 0.0531. The fourth-order valence-corrected chi connectivity index (χ4v) is 6.39. The first-order chi connectivity index (χ1) is 14.7. The molecule has 1 saturated carbocycles. The lowest BCUT2D eigenvalue weighted by molar-refractivity contribution is -0.138. The molecule has 2 saturated heterocycles. The van der Waals surface area contributed by atoms with E-state index in [9.17, 15) is 9.59 Å². The number of carbonyl (C=O) groups excluding carboxylic acids is 2. The van der Waals surface area contributed by atoms with Gasteiger partial charge >= 0.3 is 0 Å². The van der Waals surface area contributed by atoms with Crippen LogP contribution in [-0.2, 0) is 4.79 Å². The number of amides is 2. The van der Waals surface area contributed by atoms with Crippen LogP contribution in [0.2, 0.25) is 0 Å². The lowest BCUT2D eigenvalue weighted by Crippen LogP contribution is -2.50. The number of aromatic nitrogens is 2. The molecule has 2 aromatic rings. The molecule has 3 fully saturated rings. The maximum atomic E-state index is 13.4. The summed E-state index contributed by atoms with van der Waals surface area (Å²) in [5.74, 6) is 1.08. The summed E-state index contributed by atoms with van der Waals surface area (Å²) < 4.78 is 0. The summed E-state index contributed by atoms with van der Waals surface area (Å²) in [7, 11) is 0. The minimum Gasteiger partial charge on any atom is -0.338 e. The van der Waals surface area contributed by atoms with Crippen molar-refractivity contribution in [1.82, 2.24) is 19.8 Å². The number of likely N-dealkylation sites (tertiary alicyclic amines) is 2. The Labute approximate surface area is 181 Å². The molecule has 6 nitrogen and oxygen atoms in total. The highest BCUT2D eigenvalue weighted by Gasteiger charge is 2.48. The van der Waals surface area contributed by atoms with Crippen molar-refractivity contribution >= 4 is 23.2 Å². The Kier molecular flexibility index (Phi) is 5.54. The van der Waals surface area contributed by atoms with Gasteiger partial charge in [-0.3, -0.25) is 14.6 Å². The number of hydrogen-bond donors (Lipinski definition) is 0. The van der Waals surface area contributed by atoms with Crippen molar-refractivity contribution in [2.45, 2.75) is 50.5 Å². The highest BCUT2D eigenvalue weighted by molar-refractivity contribution is 7.08. The van der Waals surface area contributed by atoms with E-state index in [0.717, 1.165) is 25.8 Å². The number of thiophene rings is 1. The highest BCUT2D eigenvalue weighted by atomic mass is 32.1. The van der Waals surface area contributed by atoms with Gasteiger partial charge in [-0.05, 0) is 41.7 Å². The predicted molar refractivity (Wildman–Crippen MR) is 115 cm³/mol. The fraction of sp³-hybridized carbons (Fsp3) is 0.565. The second-order valence-corrected chi connectivity index (χ2v) is 9.63. The van der Waals surface area contributed by atoms with Gasteiger partial charge in [-0.1, -0.05) is 19.3 Å². The number of hydrogen-bond acceptors (Lipinski definition) is 5. The maximum Gasteiger partial charge on any atom is 0.274 e. The first kappa shape index (κ1) is 19.7. The third-order valence-electron chi connectivity index (χ3n) is 7.21. The van der Waals surface area contributed by atoms with E-state index in [4.69, 9.17) is 0 Å². The van der Waals surface area contributed by atoms with Crippen molar-refractivity contribution < 1.29 is 9.59 Å². The first-order valence-corrected chi connectivity index (χ1v) is 12.0. The largest absolute Gasteiger partial charge is 0.338 e. The van der Waals surface area contributed by atoms with Crippen LogP contribution in [-0.4, -0.2) is 57.3 Å². The first-order valence-electron chi connectivity index (χ1n) is 11.1. The molecule has 0 aromatic carbocycles. The Morgan fingerprint density at radius 1 is 1.07 bits per heavy atom. The van der Waals surface area contributed by atoms with Crippen molar-refractivity contribution in [3.63, 3.8) is 0 Å². The van der Waals surface area contributed by atoms with Crippen LogP contribution in [0.25, 0.3) is 0 Å². The smallest absolute Gasteiger partial charge is 0.274 e. The number of nitrogens with zero attached hydrogens (tertiary/aromatic N) is 4. The summed E-state index contributed by atoms with van der Waals surface area (Å²) in [4.78, 5) is 38.8. The molecule has 0 bridgehead atoms. The zero-order chi connectivity index (χ0) is 20.5. The van der Waals surface area contributed by atoms with E-state index >= 15 is 0 Å². The molecule has 4 heterocycles. The molecule has 2 amide bonds. The summed E-state index contributed by atoms with van der Waals surface area (Å²) >= 11 is 1.71. The van der Waals surface area contributed by atoms with Gasteiger partial charge in [0.05, 0.1) is 6.20 Å². The molecule has 3 aliphatic rings. The van der Waals surface area contributed by atoms with Crippen LogP contribution < -0.4 is 0 Å². The molecule has 2 aliphatic heterocycles. The highest BCUT2D eigenvalue weighted by Crippen LogP contribution is 2.43. The van der Waals surface area contributed by atoms with Gasteiger partial charge in [0, 0.05) is 55.8 Å². The normalized spacial score (nSPS) is 27.1. The zero-order valence-electron chi connectivity index (χ0n) is 17.2. The Morgan fingerprint density at radius 3 is 2.67 bits per heavy atom. The SMILES string of the molecule is O=C(c1cnccn1)N1CC[C@@H]2[C@H](C1)[C@@H](c1ccsc1)CN2C(=O)C1CCCCC1. The predicted octanol–water partition coefficient (Wildman–Crippen LogP) is 3.58. The van der Waals surface area contributed by atoms with Gasteiger partial charge in [0.25, 0.3) is 5.91 Å². The Hall–Kier alpha value is -2.28. The lowest BCUT2D eigenvalue weighted by Gasteiger charge is -2.39. The molecule has 3 atom stereocenters. The van der Waals surface area contributed by atoms with Gasteiger partial charge in [-0.2, -0.15) is 11.3 Å². The average Bonchev–Trinajstić information content (AvgIpc) is 3.47. The van der Waals surface area contributed by atoms with Crippen LogP contribution in [0.5, 0.6) is 0 Å². The van der Waals surface area contributed by atoms with Gasteiger partial charge in [-0.15, -0.1) is 0 Å². The molecule has 0 spiro atoms. The standard InChI is InChI=1S/C23H28N4O2S/c28-22(16-4-2-1-3-5-16)27-14-18(17-7-11-30-15-17)19-13-26(10-6-21(19)27)23(29)20-12-24-8-9-25-20/h7-9,11-12,15-16,18-19,21H,1-6,10,13-14H2/t18-,19-,21-/m1/s1. The summed E-state index contributed by atoms with van der Waals surface area (Å²) in [5, 5.41) is 4.32. The molecular weight excluding hydrogens is 396 g/mol. The van der Waals surface area contributed by atoms with Crippen LogP contribution in [0.1, 0.15) is 60.5 Å². The van der Waals surface area contributed by atoms with Crippen LogP contribution in [0.3, 0.4) is 0 Å². The molecule has 5 rings (SSSR count). The van der Waals surface area contributed by atoms with E-state index in [1.807, 2.05) is 4.90 Å². The van der Waals surface area contributed by atoms with Gasteiger partial charge in [0.2, 0.25) is 5.91 Å². The third-order valence-corrected chi connectivity index (χ3v) is 7.91. The second kappa shape index (κ2) is 8.46. The number of fused-ring (bicyclic) bond motifs is 1. The zero-order valence-corrected chi connectivity index (χ0v) is 18.0. The average molecular weight is 425 g/mol. The quantitative estimate of drug-likeness (QED) is 0.755. The van der Waals surface area contributed by atoms with Crippen LogP contribution in [0.4, 0.5) is 0 Å². The Morgan fingerprint density at radius 2 is 1.93 bits per heavy atom. The third kappa shape index (κ3) is 3.64. The molecule has 2 aromatic heterocycles. The molecule has 30 heavy (non-hydrogen) atoms. The molecule has 0 radical (unpaired) electrons.